The first-order valence-electron chi connectivity index (χ1n) is 8.69. The molecule has 0 aliphatic heterocycles. The van der Waals surface area contributed by atoms with E-state index in [4.69, 9.17) is 4.84 Å². The first-order chi connectivity index (χ1) is 12.4. The Hall–Kier alpha value is -2.66. The van der Waals surface area contributed by atoms with Gasteiger partial charge in [0.05, 0.1) is 6.61 Å². The Morgan fingerprint density at radius 1 is 0.962 bits per heavy atom. The van der Waals surface area contributed by atoms with Crippen molar-refractivity contribution in [3.8, 4) is 0 Å². The van der Waals surface area contributed by atoms with Crippen molar-refractivity contribution >= 4 is 11.8 Å². The molecule has 2 rings (SSSR count). The van der Waals surface area contributed by atoms with E-state index in [-0.39, 0.29) is 30.2 Å². The van der Waals surface area contributed by atoms with Crippen LogP contribution < -0.4 is 10.8 Å². The summed E-state index contributed by atoms with van der Waals surface area (Å²) >= 11 is 0. The number of rotatable bonds is 7. The molecule has 0 atom stereocenters. The van der Waals surface area contributed by atoms with Crippen LogP contribution in [0, 0.1) is 0 Å². The summed E-state index contributed by atoms with van der Waals surface area (Å²) in [5, 5.41) is 2.74. The van der Waals surface area contributed by atoms with E-state index in [0.29, 0.717) is 12.2 Å². The highest BCUT2D eigenvalue weighted by Gasteiger charge is 2.14. The lowest BCUT2D eigenvalue weighted by Gasteiger charge is -2.19. The fraction of sp³-hybridized carbons (Fsp3) is 0.333. The highest BCUT2D eigenvalue weighted by molar-refractivity contribution is 5.94. The molecule has 138 valence electrons. The van der Waals surface area contributed by atoms with Crippen molar-refractivity contribution in [2.75, 3.05) is 6.54 Å². The van der Waals surface area contributed by atoms with Gasteiger partial charge in [0, 0.05) is 18.5 Å². The highest BCUT2D eigenvalue weighted by Crippen LogP contribution is 2.22. The number of hydrogen-bond acceptors (Lipinski definition) is 3. The van der Waals surface area contributed by atoms with Gasteiger partial charge in [-0.15, -0.1) is 0 Å². The average Bonchev–Trinajstić information content (AvgIpc) is 2.62. The average molecular weight is 354 g/mol. The zero-order chi connectivity index (χ0) is 19.0. The fourth-order valence-electron chi connectivity index (χ4n) is 2.34. The molecule has 0 radical (unpaired) electrons. The van der Waals surface area contributed by atoms with Crippen LogP contribution in [0.3, 0.4) is 0 Å². The second-order valence-electron chi connectivity index (χ2n) is 7.13. The van der Waals surface area contributed by atoms with Crippen molar-refractivity contribution in [2.24, 2.45) is 0 Å². The monoisotopic (exact) mass is 354 g/mol. The number of hydroxylamine groups is 1. The summed E-state index contributed by atoms with van der Waals surface area (Å²) < 4.78 is 0. The van der Waals surface area contributed by atoms with E-state index in [1.807, 2.05) is 42.5 Å². The summed E-state index contributed by atoms with van der Waals surface area (Å²) in [6.07, 6.45) is 0.153. The van der Waals surface area contributed by atoms with Gasteiger partial charge in [0.25, 0.3) is 5.91 Å². The summed E-state index contributed by atoms with van der Waals surface area (Å²) in [6, 6.07) is 17.1. The number of amides is 2. The summed E-state index contributed by atoms with van der Waals surface area (Å²) in [7, 11) is 0. The molecule has 0 aliphatic carbocycles. The van der Waals surface area contributed by atoms with Crippen molar-refractivity contribution in [3.63, 3.8) is 0 Å². The van der Waals surface area contributed by atoms with E-state index >= 15 is 0 Å². The fourth-order valence-corrected chi connectivity index (χ4v) is 2.34. The molecule has 0 heterocycles. The van der Waals surface area contributed by atoms with Crippen LogP contribution in [0.5, 0.6) is 0 Å². The third-order valence-corrected chi connectivity index (χ3v) is 3.92. The maximum absolute atomic E-state index is 12.1. The quantitative estimate of drug-likeness (QED) is 0.749. The van der Waals surface area contributed by atoms with Crippen LogP contribution in [0.1, 0.15) is 48.7 Å². The summed E-state index contributed by atoms with van der Waals surface area (Å²) in [6.45, 7) is 6.93. The second kappa shape index (κ2) is 9.15. The van der Waals surface area contributed by atoms with Gasteiger partial charge in [-0.2, -0.15) is 0 Å². The molecule has 0 spiro atoms. The Kier molecular flexibility index (Phi) is 6.92. The smallest absolute Gasteiger partial charge is 0.251 e. The molecule has 0 bridgehead atoms. The normalized spacial score (nSPS) is 11.0. The Balaban J connectivity index is 1.68. The number of benzene rings is 2. The number of carbonyl (C=O) groups excluding carboxylic acids is 2. The van der Waals surface area contributed by atoms with Gasteiger partial charge in [-0.3, -0.25) is 14.4 Å². The molecule has 0 aliphatic rings. The van der Waals surface area contributed by atoms with Gasteiger partial charge < -0.3 is 5.32 Å². The first kappa shape index (κ1) is 19.7. The van der Waals surface area contributed by atoms with Crippen molar-refractivity contribution < 1.29 is 14.4 Å². The van der Waals surface area contributed by atoms with Crippen molar-refractivity contribution in [3.05, 3.63) is 71.3 Å². The van der Waals surface area contributed by atoms with Crippen molar-refractivity contribution in [1.29, 1.82) is 0 Å². The van der Waals surface area contributed by atoms with E-state index in [9.17, 15) is 9.59 Å². The molecule has 0 fully saturated rings. The van der Waals surface area contributed by atoms with Crippen LogP contribution in [-0.2, 0) is 21.7 Å². The van der Waals surface area contributed by atoms with Crippen LogP contribution in [0.4, 0.5) is 0 Å². The largest absolute Gasteiger partial charge is 0.352 e. The molecule has 5 heteroatoms. The van der Waals surface area contributed by atoms with Gasteiger partial charge in [0.15, 0.2) is 0 Å². The first-order valence-corrected chi connectivity index (χ1v) is 8.69. The third-order valence-electron chi connectivity index (χ3n) is 3.92. The zero-order valence-corrected chi connectivity index (χ0v) is 15.5. The Morgan fingerprint density at radius 3 is 2.23 bits per heavy atom. The molecule has 0 aromatic heterocycles. The molecule has 26 heavy (non-hydrogen) atoms. The summed E-state index contributed by atoms with van der Waals surface area (Å²) in [5.74, 6) is -0.465. The van der Waals surface area contributed by atoms with Gasteiger partial charge in [-0.1, -0.05) is 63.2 Å². The number of hydrogen-bond donors (Lipinski definition) is 2. The van der Waals surface area contributed by atoms with E-state index in [1.165, 1.54) is 5.56 Å². The number of nitrogens with one attached hydrogen (secondary N) is 2. The van der Waals surface area contributed by atoms with Gasteiger partial charge in [-0.05, 0) is 28.7 Å². The minimum absolute atomic E-state index is 0.0485. The van der Waals surface area contributed by atoms with Gasteiger partial charge in [-0.25, -0.2) is 5.48 Å². The lowest BCUT2D eigenvalue weighted by atomic mass is 9.87. The van der Waals surface area contributed by atoms with Crippen LogP contribution in [0.2, 0.25) is 0 Å². The molecule has 0 unspecified atom stereocenters. The minimum atomic E-state index is -0.274. The Morgan fingerprint density at radius 2 is 1.62 bits per heavy atom. The van der Waals surface area contributed by atoms with Crippen LogP contribution in [0.25, 0.3) is 0 Å². The van der Waals surface area contributed by atoms with E-state index in [0.717, 1.165) is 5.56 Å². The SMILES string of the molecule is CC(C)(C)c1ccc(C(=O)NCCC(=O)NOCc2ccccc2)cc1. The van der Waals surface area contributed by atoms with E-state index < -0.39 is 0 Å². The van der Waals surface area contributed by atoms with E-state index in [2.05, 4.69) is 31.6 Å². The Labute approximate surface area is 154 Å². The lowest BCUT2D eigenvalue weighted by Crippen LogP contribution is -2.30. The summed E-state index contributed by atoms with van der Waals surface area (Å²) in [4.78, 5) is 29.0. The van der Waals surface area contributed by atoms with Gasteiger partial charge in [0.1, 0.15) is 0 Å². The molecule has 2 aromatic carbocycles. The van der Waals surface area contributed by atoms with Gasteiger partial charge >= 0.3 is 0 Å². The molecule has 2 aromatic rings. The molecular weight excluding hydrogens is 328 g/mol. The summed E-state index contributed by atoms with van der Waals surface area (Å²) in [5.41, 5.74) is 5.15. The van der Waals surface area contributed by atoms with E-state index in [1.54, 1.807) is 12.1 Å². The van der Waals surface area contributed by atoms with Gasteiger partial charge in [0.2, 0.25) is 5.91 Å². The van der Waals surface area contributed by atoms with Crippen LogP contribution in [-0.4, -0.2) is 18.4 Å². The van der Waals surface area contributed by atoms with Crippen LogP contribution >= 0.6 is 0 Å². The second-order valence-corrected chi connectivity index (χ2v) is 7.13. The molecule has 2 N–H and O–H groups in total. The van der Waals surface area contributed by atoms with Crippen LogP contribution in [0.15, 0.2) is 54.6 Å². The van der Waals surface area contributed by atoms with Crippen molar-refractivity contribution in [1.82, 2.24) is 10.8 Å². The molecular formula is C21H26N2O3. The predicted molar refractivity (Wildman–Crippen MR) is 101 cm³/mol. The highest BCUT2D eigenvalue weighted by atomic mass is 16.6. The minimum Gasteiger partial charge on any atom is -0.352 e. The molecule has 0 saturated heterocycles. The standard InChI is InChI=1S/C21H26N2O3/c1-21(2,3)18-11-9-17(10-12-18)20(25)22-14-13-19(24)23-26-15-16-7-5-4-6-8-16/h4-12H,13-15H2,1-3H3,(H,22,25)(H,23,24). The topological polar surface area (TPSA) is 67.4 Å². The third kappa shape index (κ3) is 6.33. The zero-order valence-electron chi connectivity index (χ0n) is 15.5. The predicted octanol–water partition coefficient (Wildman–Crippen LogP) is 3.35. The molecule has 2 amide bonds. The maximum Gasteiger partial charge on any atom is 0.251 e. The number of carbonyl (C=O) groups is 2. The maximum atomic E-state index is 12.1. The Bertz CT molecular complexity index is 719. The lowest BCUT2D eigenvalue weighted by molar-refractivity contribution is -0.134. The molecule has 5 nitrogen and oxygen atoms in total. The van der Waals surface area contributed by atoms with Crippen molar-refractivity contribution in [2.45, 2.75) is 39.2 Å². The molecule has 0 saturated carbocycles.